The van der Waals surface area contributed by atoms with E-state index < -0.39 is 98.6 Å². The molecule has 1 aliphatic rings. The standard InChI is InChI=1S/C14H13F3N2O2.C14H11F3N2.C12H8BrF3N2.C12H10F3N3.C8H8BF3O2.C8H15BO2.C4H4ClN3.C2H3N.IO4.Na/c1-8-4-9(6-10(5-8)14(15,16)17)13-18-3-2-11(19-13)12(21)7-20;1-3-12-4-5-18-13(19-12)10-6-9(2)7-11(8-10)14(15,16)17;1-7-4-8(6-9(5-7)12(14,15)16)11-17-3-2-10(13)18-11;1-7-4-8(6-9(5-7)12(13,14)15)11-17-3-2-10(16)18-11;1-5-2-6(8(10,11)12)4-7(3-5)9(13)14;1-6-9-10-7(2,3)8(4,5)11-9;5-4-7-2-1-3(6)8-4;1-2-3;2-1(3,4)5;/h2-6,12,20-21H,7H2,1H3;3-8H,1H2,2H3;2-6H,1H3;2-6H,1H3,(H2,16,17,18);2-4,13-14H,1H3;6H,1H2,2-5H3;1-2H,(H2,6,7,8);1H3;;/q;;;;;;;;-1;+1. The van der Waals surface area contributed by atoms with Crippen molar-refractivity contribution in [2.45, 2.75) is 117 Å². The molecule has 5 aromatic heterocycles. The summed E-state index contributed by atoms with van der Waals surface area (Å²) in [4.78, 5) is 39.1. The average molecular weight is 1880 g/mol. The molecule has 0 saturated carbocycles. The molecule has 0 amide bonds. The number of nitrogens with two attached hydrogens (primary N) is 2. The molecule has 0 aliphatic carbocycles. The smallest absolute Gasteiger partial charge is 0.423 e. The zero-order chi connectivity index (χ0) is 89.2. The number of hydrogen-bond donors (Lipinski definition) is 6. The first-order valence-corrected chi connectivity index (χ1v) is 37.6. The van der Waals surface area contributed by atoms with Gasteiger partial charge in [0.05, 0.1) is 63.1 Å². The number of rotatable bonds is 9. The second-order valence-electron chi connectivity index (χ2n) is 25.1. The number of aryl methyl sites for hydroxylation is 5. The van der Waals surface area contributed by atoms with Crippen LogP contribution in [0.15, 0.2) is 176 Å². The van der Waals surface area contributed by atoms with Gasteiger partial charge in [0.2, 0.25) is 5.28 Å². The second-order valence-corrected chi connectivity index (χ2v) is 28.4. The zero-order valence-corrected chi connectivity index (χ0v) is 70.6. The molecule has 1 saturated heterocycles. The van der Waals surface area contributed by atoms with E-state index in [4.69, 9.17) is 66.5 Å². The summed E-state index contributed by atoms with van der Waals surface area (Å²) >= 11 is 2.57. The number of hydrogen-bond acceptors (Lipinski definition) is 23. The summed E-state index contributed by atoms with van der Waals surface area (Å²) in [6, 6.07) is 27.2. The number of aliphatic hydroxyl groups is 2. The molecule has 11 rings (SSSR count). The van der Waals surface area contributed by atoms with Gasteiger partial charge in [-0.2, -0.15) is 71.1 Å². The van der Waals surface area contributed by atoms with Gasteiger partial charge in [-0.05, 0) is 233 Å². The van der Waals surface area contributed by atoms with Crippen LogP contribution >= 0.6 is 27.5 Å². The molecule has 0 bridgehead atoms. The predicted molar refractivity (Wildman–Crippen MR) is 398 cm³/mol. The van der Waals surface area contributed by atoms with Crippen LogP contribution in [-0.4, -0.2) is 102 Å². The Kier molecular flexibility index (Phi) is 41.2. The maximum atomic E-state index is 12.8. The van der Waals surface area contributed by atoms with Crippen molar-refractivity contribution in [2.24, 2.45) is 0 Å². The second kappa shape index (κ2) is 46.2. The third-order valence-electron chi connectivity index (χ3n) is 14.9. The van der Waals surface area contributed by atoms with Gasteiger partial charge in [0.15, 0.2) is 23.3 Å². The van der Waals surface area contributed by atoms with Crippen LogP contribution in [0, 0.1) is 45.9 Å². The van der Waals surface area contributed by atoms with Gasteiger partial charge in [0, 0.05) is 60.2 Å². The summed E-state index contributed by atoms with van der Waals surface area (Å²) in [7, 11) is -2.13. The molecule has 6 heterocycles. The number of alkyl halides is 15. The molecule has 0 radical (unpaired) electrons. The Bertz CT molecular complexity index is 4840. The van der Waals surface area contributed by atoms with Crippen molar-refractivity contribution < 1.29 is 159 Å². The van der Waals surface area contributed by atoms with Gasteiger partial charge in [-0.15, -0.1) is 6.58 Å². The minimum Gasteiger partial charge on any atom is -0.423 e. The van der Waals surface area contributed by atoms with Crippen molar-refractivity contribution in [3.05, 3.63) is 248 Å². The van der Waals surface area contributed by atoms with Gasteiger partial charge in [-0.25, -0.2) is 49.8 Å². The number of halogens is 18. The van der Waals surface area contributed by atoms with Crippen molar-refractivity contribution >= 4 is 64.9 Å². The van der Waals surface area contributed by atoms with Gasteiger partial charge < -0.3 is 41.0 Å². The topological polar surface area (TPSA) is 396 Å². The number of anilines is 2. The molecular formula is C74H72B2BrClF15IN13NaO10. The monoisotopic (exact) mass is 1870 g/mol. The van der Waals surface area contributed by atoms with Crippen LogP contribution in [0.5, 0.6) is 0 Å². The van der Waals surface area contributed by atoms with Crippen molar-refractivity contribution in [1.29, 1.82) is 5.26 Å². The number of aliphatic hydroxyl groups excluding tert-OH is 2. The molecule has 1 unspecified atom stereocenters. The van der Waals surface area contributed by atoms with E-state index in [1.165, 1.54) is 75.2 Å². The number of nitrogens with zero attached hydrogens (tertiary/aromatic N) is 11. The van der Waals surface area contributed by atoms with Crippen LogP contribution in [0.4, 0.5) is 77.5 Å². The van der Waals surface area contributed by atoms with Gasteiger partial charge in [0.25, 0.3) is 0 Å². The number of benzene rings is 5. The van der Waals surface area contributed by atoms with Crippen LogP contribution < -0.4 is 80.3 Å². The fourth-order valence-corrected chi connectivity index (χ4v) is 9.61. The maximum Gasteiger partial charge on any atom is 1.00 e. The Morgan fingerprint density at radius 2 is 0.831 bits per heavy atom. The summed E-state index contributed by atoms with van der Waals surface area (Å²) in [5, 5.41) is 43.4. The van der Waals surface area contributed by atoms with Crippen LogP contribution in [0.3, 0.4) is 0 Å². The van der Waals surface area contributed by atoms with E-state index in [0.29, 0.717) is 60.6 Å². The van der Waals surface area contributed by atoms with E-state index in [1.54, 1.807) is 76.1 Å². The van der Waals surface area contributed by atoms with Crippen molar-refractivity contribution in [1.82, 2.24) is 49.8 Å². The Morgan fingerprint density at radius 3 is 1.13 bits per heavy atom. The predicted octanol–water partition coefficient (Wildman–Crippen LogP) is 6.89. The fourth-order valence-electron chi connectivity index (χ4n) is 9.17. The van der Waals surface area contributed by atoms with E-state index in [9.17, 15) is 71.0 Å². The Balaban J connectivity index is 0.000000465. The Labute approximate surface area is 709 Å². The first-order valence-electron chi connectivity index (χ1n) is 32.9. The molecule has 8 N–H and O–H groups in total. The largest absolute Gasteiger partial charge is 1.00 e. The number of nitriles is 1. The minimum atomic E-state index is -5.94. The SMILES string of the molecule is C=CB1OC(C)(C)C(C)(C)O1.C=Cc1ccnc(-c2cc(C)cc(C(F)(F)F)c2)n1.CC#N.Cc1cc(-c2nccc(Br)n2)cc(C(F)(F)F)c1.Cc1cc(-c2nccc(C(O)CO)n2)cc(C(F)(F)F)c1.Cc1cc(-c2nccc(N)n2)cc(C(F)(F)F)c1.Cc1cc(B(O)O)cc(C(F)(F)F)c1.Nc1ccnc(Cl)n1.[Na+].[O-][I+3]([O-])([O-])[O-]. The molecule has 0 spiro atoms. The normalized spacial score (nSPS) is 12.8. The number of nitrogen functional groups attached to an aromatic ring is 2. The molecule has 1 fully saturated rings. The van der Waals surface area contributed by atoms with E-state index in [0.717, 1.165) is 60.7 Å². The minimum absolute atomic E-state index is 0. The van der Waals surface area contributed by atoms with Crippen LogP contribution in [0.2, 0.25) is 5.28 Å². The molecule has 626 valence electrons. The van der Waals surface area contributed by atoms with E-state index in [2.05, 4.69) is 78.9 Å². The third kappa shape index (κ3) is 37.3. The zero-order valence-electron chi connectivity index (χ0n) is 64.1. The molecule has 1 aliphatic heterocycles. The van der Waals surface area contributed by atoms with Gasteiger partial charge in [-0.3, -0.25) is 13.7 Å². The summed E-state index contributed by atoms with van der Waals surface area (Å²) in [5.74, 6) is 3.06. The van der Waals surface area contributed by atoms with Gasteiger partial charge in [-0.1, -0.05) is 30.3 Å². The molecular weight excluding hydrogens is 1800 g/mol. The number of aromatic nitrogens is 10. The van der Waals surface area contributed by atoms with Gasteiger partial charge in [0.1, 0.15) is 42.4 Å². The van der Waals surface area contributed by atoms with E-state index in [-0.39, 0.29) is 99.0 Å². The van der Waals surface area contributed by atoms with Crippen molar-refractivity contribution in [2.75, 3.05) is 18.1 Å². The fraction of sp³-hybridized carbons (Fsp3) is 0.257. The molecule has 10 aromatic rings. The average Bonchev–Trinajstić information content (AvgIpc) is 1.64. The van der Waals surface area contributed by atoms with Gasteiger partial charge >= 0.3 is 74.7 Å². The van der Waals surface area contributed by atoms with Crippen molar-refractivity contribution in [3.8, 4) is 51.6 Å². The van der Waals surface area contributed by atoms with Crippen LogP contribution in [0.25, 0.3) is 51.6 Å². The molecule has 118 heavy (non-hydrogen) atoms. The quantitative estimate of drug-likeness (QED) is 0.0281. The van der Waals surface area contributed by atoms with Crippen LogP contribution in [0.1, 0.15) is 108 Å². The third-order valence-corrected chi connectivity index (χ3v) is 15.5. The summed E-state index contributed by atoms with van der Waals surface area (Å²) < 4.78 is 236. The first kappa shape index (κ1) is 105. The Morgan fingerprint density at radius 1 is 0.525 bits per heavy atom. The summed E-state index contributed by atoms with van der Waals surface area (Å²) in [6.45, 7) is 24.0. The Hall–Kier alpha value is -8.75. The molecule has 5 aromatic carbocycles. The molecule has 23 nitrogen and oxygen atoms in total. The first-order chi connectivity index (χ1) is 53.8. The molecule has 44 heteroatoms. The van der Waals surface area contributed by atoms with E-state index >= 15 is 0 Å². The van der Waals surface area contributed by atoms with Crippen molar-refractivity contribution in [3.63, 3.8) is 0 Å². The molecule has 1 atom stereocenters. The summed E-state index contributed by atoms with van der Waals surface area (Å²) in [6.07, 6.45) is -14.5. The van der Waals surface area contributed by atoms with E-state index in [1.807, 2.05) is 27.7 Å². The maximum absolute atomic E-state index is 12.8. The summed E-state index contributed by atoms with van der Waals surface area (Å²) in [5.41, 5.74) is 10.5. The van der Waals surface area contributed by atoms with Crippen LogP contribution in [-0.2, 0) is 40.2 Å².